The van der Waals surface area contributed by atoms with Gasteiger partial charge in [0.25, 0.3) is 0 Å². The van der Waals surface area contributed by atoms with Crippen LogP contribution in [0.3, 0.4) is 0 Å². The number of hydrogen-bond acceptors (Lipinski definition) is 6. The zero-order valence-electron chi connectivity index (χ0n) is 13.9. The Morgan fingerprint density at radius 2 is 1.93 bits per heavy atom. The molecule has 3 heterocycles. The van der Waals surface area contributed by atoms with Gasteiger partial charge in [-0.1, -0.05) is 41.9 Å². The zero-order valence-corrected chi connectivity index (χ0v) is 15.5. The minimum atomic E-state index is -0.543. The van der Waals surface area contributed by atoms with Crippen molar-refractivity contribution >= 4 is 40.1 Å². The number of rotatable bonds is 1. The van der Waals surface area contributed by atoms with Crippen molar-refractivity contribution in [2.45, 2.75) is 10.6 Å². The molecule has 2 N–H and O–H groups in total. The lowest BCUT2D eigenvalue weighted by molar-refractivity contribution is 0.528. The predicted molar refractivity (Wildman–Crippen MR) is 108 cm³/mol. The second kappa shape index (κ2) is 6.11. The summed E-state index contributed by atoms with van der Waals surface area (Å²) >= 11 is 7.80. The maximum Gasteiger partial charge on any atom is 0.349 e. The fourth-order valence-corrected chi connectivity index (χ4v) is 4.44. The summed E-state index contributed by atoms with van der Waals surface area (Å²) in [7, 11) is 0. The van der Waals surface area contributed by atoms with Crippen molar-refractivity contribution in [3.8, 4) is 22.7 Å². The van der Waals surface area contributed by atoms with Crippen LogP contribution >= 0.6 is 23.4 Å². The highest BCUT2D eigenvalue weighted by Gasteiger charge is 2.26. The lowest BCUT2D eigenvalue weighted by Gasteiger charge is -2.19. The number of hydrogen-bond donors (Lipinski definition) is 1. The fourth-order valence-electron chi connectivity index (χ4n) is 3.23. The number of nitrogens with two attached hydrogens (primary N) is 1. The molecule has 5 nitrogen and oxygen atoms in total. The van der Waals surface area contributed by atoms with E-state index < -0.39 is 5.63 Å². The lowest BCUT2D eigenvalue weighted by atomic mass is 10.0. The summed E-state index contributed by atoms with van der Waals surface area (Å²) in [5.74, 6) is 1.73. The average molecular weight is 394 g/mol. The SMILES string of the molecule is Nc1nc(-c2ccccc2)nc2c3c(oc(=O)c12)-c1cc(Cl)ccc1SC3. The molecule has 2 aromatic heterocycles. The van der Waals surface area contributed by atoms with Crippen LogP contribution in [0.5, 0.6) is 0 Å². The highest BCUT2D eigenvalue weighted by Crippen LogP contribution is 2.44. The van der Waals surface area contributed by atoms with Gasteiger partial charge in [0, 0.05) is 32.4 Å². The van der Waals surface area contributed by atoms with E-state index >= 15 is 0 Å². The average Bonchev–Trinajstić information content (AvgIpc) is 2.68. The lowest BCUT2D eigenvalue weighted by Crippen LogP contribution is -2.12. The molecule has 0 bridgehead atoms. The van der Waals surface area contributed by atoms with E-state index in [-0.39, 0.29) is 11.2 Å². The molecule has 0 saturated carbocycles. The summed E-state index contributed by atoms with van der Waals surface area (Å²) in [6.45, 7) is 0. The third-order valence-corrected chi connectivity index (χ3v) is 5.82. The van der Waals surface area contributed by atoms with Crippen LogP contribution in [0.2, 0.25) is 5.02 Å². The summed E-state index contributed by atoms with van der Waals surface area (Å²) in [5, 5.41) is 0.802. The summed E-state index contributed by atoms with van der Waals surface area (Å²) in [5.41, 5.74) is 8.56. The maximum atomic E-state index is 12.6. The Balaban J connectivity index is 1.86. The van der Waals surface area contributed by atoms with Crippen molar-refractivity contribution in [2.75, 3.05) is 5.73 Å². The van der Waals surface area contributed by atoms with Gasteiger partial charge in [-0.3, -0.25) is 0 Å². The maximum absolute atomic E-state index is 12.6. The highest BCUT2D eigenvalue weighted by molar-refractivity contribution is 7.98. The van der Waals surface area contributed by atoms with Crippen LogP contribution < -0.4 is 11.4 Å². The summed E-state index contributed by atoms with van der Waals surface area (Å²) < 4.78 is 5.63. The van der Waals surface area contributed by atoms with Gasteiger partial charge in [-0.2, -0.15) is 0 Å². The molecular formula is C20H12ClN3O2S. The monoisotopic (exact) mass is 393 g/mol. The molecule has 0 radical (unpaired) electrons. The number of halogens is 1. The van der Waals surface area contributed by atoms with E-state index in [1.54, 1.807) is 17.8 Å². The molecule has 0 saturated heterocycles. The molecule has 0 atom stereocenters. The summed E-state index contributed by atoms with van der Waals surface area (Å²) in [6.07, 6.45) is 0. The molecule has 5 rings (SSSR count). The Kier molecular flexibility index (Phi) is 3.70. The number of aromatic nitrogens is 2. The highest BCUT2D eigenvalue weighted by atomic mass is 35.5. The number of nitrogens with zero attached hydrogens (tertiary/aromatic N) is 2. The van der Waals surface area contributed by atoms with Crippen LogP contribution in [0.25, 0.3) is 33.6 Å². The number of thioether (sulfide) groups is 1. The van der Waals surface area contributed by atoms with Crippen molar-refractivity contribution in [1.29, 1.82) is 0 Å². The molecule has 0 unspecified atom stereocenters. The molecule has 4 aromatic rings. The number of fused-ring (bicyclic) bond motifs is 5. The third kappa shape index (κ3) is 2.60. The van der Waals surface area contributed by atoms with Gasteiger partial charge < -0.3 is 10.2 Å². The van der Waals surface area contributed by atoms with Crippen molar-refractivity contribution < 1.29 is 4.42 Å². The van der Waals surface area contributed by atoms with E-state index in [1.807, 2.05) is 42.5 Å². The summed E-state index contributed by atoms with van der Waals surface area (Å²) in [4.78, 5) is 22.7. The first-order chi connectivity index (χ1) is 13.1. The molecule has 1 aliphatic rings. The standard InChI is InChI=1S/C20H12ClN3O2S/c21-11-6-7-14-12(8-11)17-13(9-27-14)16-15(20(25)26-17)18(22)24-19(23-16)10-4-2-1-3-5-10/h1-8H,9H2,(H2,22,23,24). The minimum Gasteiger partial charge on any atom is -0.422 e. The van der Waals surface area contributed by atoms with E-state index in [9.17, 15) is 4.79 Å². The molecule has 7 heteroatoms. The minimum absolute atomic E-state index is 0.122. The predicted octanol–water partition coefficient (Wildman–Crippen LogP) is 4.76. The largest absolute Gasteiger partial charge is 0.422 e. The molecule has 132 valence electrons. The molecule has 0 spiro atoms. The topological polar surface area (TPSA) is 82.0 Å². The molecule has 2 aromatic carbocycles. The molecule has 0 amide bonds. The molecule has 0 aliphatic carbocycles. The van der Waals surface area contributed by atoms with Crippen LogP contribution in [0, 0.1) is 0 Å². The second-order valence-electron chi connectivity index (χ2n) is 6.15. The fraction of sp³-hybridized carbons (Fsp3) is 0.0500. The molecule has 27 heavy (non-hydrogen) atoms. The quantitative estimate of drug-likeness (QED) is 0.502. The number of anilines is 1. The Bertz CT molecular complexity index is 1270. The van der Waals surface area contributed by atoms with Gasteiger partial charge in [0.2, 0.25) is 0 Å². The van der Waals surface area contributed by atoms with Gasteiger partial charge in [0.05, 0.1) is 5.52 Å². The van der Waals surface area contributed by atoms with Gasteiger partial charge >= 0.3 is 5.63 Å². The van der Waals surface area contributed by atoms with Crippen molar-refractivity contribution in [2.24, 2.45) is 0 Å². The Hall–Kier alpha value is -2.83. The Morgan fingerprint density at radius 1 is 1.11 bits per heavy atom. The van der Waals surface area contributed by atoms with Crippen LogP contribution in [-0.4, -0.2) is 9.97 Å². The van der Waals surface area contributed by atoms with E-state index in [4.69, 9.17) is 21.8 Å². The first kappa shape index (κ1) is 16.4. The molecular weight excluding hydrogens is 382 g/mol. The van der Waals surface area contributed by atoms with E-state index in [0.29, 0.717) is 27.9 Å². The van der Waals surface area contributed by atoms with Crippen molar-refractivity contribution in [1.82, 2.24) is 9.97 Å². The van der Waals surface area contributed by atoms with Crippen molar-refractivity contribution in [3.63, 3.8) is 0 Å². The van der Waals surface area contributed by atoms with Gasteiger partial charge in [-0.25, -0.2) is 14.8 Å². The van der Waals surface area contributed by atoms with E-state index in [1.165, 1.54) is 0 Å². The molecule has 1 aliphatic heterocycles. The smallest absolute Gasteiger partial charge is 0.349 e. The normalized spacial score (nSPS) is 12.6. The van der Waals surface area contributed by atoms with E-state index in [0.717, 1.165) is 21.6 Å². The van der Waals surface area contributed by atoms with E-state index in [2.05, 4.69) is 9.97 Å². The van der Waals surface area contributed by atoms with Gasteiger partial charge in [0.15, 0.2) is 5.82 Å². The van der Waals surface area contributed by atoms with Gasteiger partial charge in [-0.15, -0.1) is 11.8 Å². The Labute approximate surface area is 163 Å². The van der Waals surface area contributed by atoms with Crippen LogP contribution in [0.4, 0.5) is 5.82 Å². The van der Waals surface area contributed by atoms with Crippen molar-refractivity contribution in [3.05, 3.63) is 69.5 Å². The van der Waals surface area contributed by atoms with Crippen LogP contribution in [0.1, 0.15) is 5.56 Å². The van der Waals surface area contributed by atoms with Crippen LogP contribution in [0.15, 0.2) is 62.6 Å². The van der Waals surface area contributed by atoms with Gasteiger partial charge in [-0.05, 0) is 18.2 Å². The van der Waals surface area contributed by atoms with Gasteiger partial charge in [0.1, 0.15) is 17.0 Å². The molecule has 0 fully saturated rings. The third-order valence-electron chi connectivity index (χ3n) is 4.49. The van der Waals surface area contributed by atoms with Crippen LogP contribution in [-0.2, 0) is 5.75 Å². The number of benzene rings is 2. The first-order valence-corrected chi connectivity index (χ1v) is 9.59. The zero-order chi connectivity index (χ0) is 18.5. The second-order valence-corrected chi connectivity index (χ2v) is 7.60. The summed E-state index contributed by atoms with van der Waals surface area (Å²) in [6, 6.07) is 15.1. The first-order valence-electron chi connectivity index (χ1n) is 8.23. The number of nitrogen functional groups attached to an aromatic ring is 1. The Morgan fingerprint density at radius 3 is 2.74 bits per heavy atom.